The molecule has 0 spiro atoms. The van der Waals surface area contributed by atoms with Crippen LogP contribution in [0.15, 0.2) is 58.9 Å². The van der Waals surface area contributed by atoms with Gasteiger partial charge in [-0.3, -0.25) is 9.52 Å². The first-order valence-corrected chi connectivity index (χ1v) is 12.1. The van der Waals surface area contributed by atoms with Crippen LogP contribution in [0.5, 0.6) is 0 Å². The predicted octanol–water partition coefficient (Wildman–Crippen LogP) is 3.70. The number of carbonyl (C=O) groups excluding carboxylic acids is 1. The fourth-order valence-electron chi connectivity index (χ4n) is 3.21. The van der Waals surface area contributed by atoms with E-state index in [1.54, 1.807) is 28.5 Å². The number of nitrogens with one attached hydrogen (secondary N) is 1. The van der Waals surface area contributed by atoms with Crippen LogP contribution in [0.1, 0.15) is 10.4 Å². The minimum absolute atomic E-state index is 0.0817. The first kappa shape index (κ1) is 21.5. The lowest BCUT2D eigenvalue weighted by Gasteiger charge is -2.34. The molecular formula is C20H18ClFN4O3S2. The van der Waals surface area contributed by atoms with Crippen LogP contribution in [0, 0.1) is 5.82 Å². The average Bonchev–Trinajstić information content (AvgIpc) is 3.30. The van der Waals surface area contributed by atoms with Gasteiger partial charge in [0, 0.05) is 43.3 Å². The highest BCUT2D eigenvalue weighted by molar-refractivity contribution is 7.92. The molecule has 0 saturated carbocycles. The van der Waals surface area contributed by atoms with E-state index in [0.717, 1.165) is 29.4 Å². The topological polar surface area (TPSA) is 82.6 Å². The zero-order valence-corrected chi connectivity index (χ0v) is 18.6. The molecule has 1 amide bonds. The number of sulfonamides is 1. The summed E-state index contributed by atoms with van der Waals surface area (Å²) in [6.07, 6.45) is 1.75. The first-order chi connectivity index (χ1) is 14.8. The number of aromatic nitrogens is 1. The van der Waals surface area contributed by atoms with Crippen molar-refractivity contribution in [2.75, 3.05) is 35.8 Å². The van der Waals surface area contributed by atoms with Gasteiger partial charge in [-0.25, -0.2) is 17.8 Å². The second-order valence-electron chi connectivity index (χ2n) is 6.85. The van der Waals surface area contributed by atoms with Crippen molar-refractivity contribution in [3.05, 3.63) is 70.4 Å². The largest absolute Gasteiger partial charge is 0.345 e. The molecule has 162 valence electrons. The van der Waals surface area contributed by atoms with Crippen molar-refractivity contribution in [2.24, 2.45) is 0 Å². The molecule has 0 aliphatic carbocycles. The summed E-state index contributed by atoms with van der Waals surface area (Å²) in [4.78, 5) is 21.0. The number of benzene rings is 2. The molecule has 11 heteroatoms. The summed E-state index contributed by atoms with van der Waals surface area (Å²) in [6.45, 7) is 2.38. The Hall–Kier alpha value is -2.69. The van der Waals surface area contributed by atoms with E-state index in [2.05, 4.69) is 14.6 Å². The minimum atomic E-state index is -3.99. The van der Waals surface area contributed by atoms with E-state index in [4.69, 9.17) is 11.6 Å². The van der Waals surface area contributed by atoms with E-state index in [1.165, 1.54) is 12.1 Å². The third-order valence-electron chi connectivity index (χ3n) is 4.84. The predicted molar refractivity (Wildman–Crippen MR) is 119 cm³/mol. The second kappa shape index (κ2) is 8.81. The molecule has 1 saturated heterocycles. The standard InChI is InChI=1S/C20H18ClFN4O3S2/c21-17-6-1-14(13-18(17)24-31(28,29)16-4-2-15(22)3-5-16)19(27)25-8-10-26(11-9-25)20-23-7-12-30-20/h1-7,12-13,24H,8-11H2. The SMILES string of the molecule is O=C(c1ccc(Cl)c(NS(=O)(=O)c2ccc(F)cc2)c1)N1CCN(c2nccs2)CC1. The zero-order chi connectivity index (χ0) is 22.0. The Kier molecular flexibility index (Phi) is 6.12. The number of nitrogens with zero attached hydrogens (tertiary/aromatic N) is 3. The zero-order valence-electron chi connectivity index (χ0n) is 16.2. The fraction of sp³-hybridized carbons (Fsp3) is 0.200. The molecule has 0 atom stereocenters. The lowest BCUT2D eigenvalue weighted by molar-refractivity contribution is 0.0747. The first-order valence-electron chi connectivity index (χ1n) is 9.35. The highest BCUT2D eigenvalue weighted by Crippen LogP contribution is 2.27. The van der Waals surface area contributed by atoms with Gasteiger partial charge in [0.05, 0.1) is 15.6 Å². The van der Waals surface area contributed by atoms with Gasteiger partial charge in [0.2, 0.25) is 0 Å². The van der Waals surface area contributed by atoms with E-state index in [1.807, 2.05) is 5.38 Å². The van der Waals surface area contributed by atoms with Crippen LogP contribution >= 0.6 is 22.9 Å². The number of hydrogen-bond donors (Lipinski definition) is 1. The molecular weight excluding hydrogens is 463 g/mol. The van der Waals surface area contributed by atoms with Crippen LogP contribution in [0.3, 0.4) is 0 Å². The van der Waals surface area contributed by atoms with Crippen molar-refractivity contribution >= 4 is 49.7 Å². The molecule has 2 heterocycles. The van der Waals surface area contributed by atoms with E-state index < -0.39 is 15.8 Å². The molecule has 1 aliphatic heterocycles. The van der Waals surface area contributed by atoms with Gasteiger partial charge in [-0.2, -0.15) is 0 Å². The van der Waals surface area contributed by atoms with Crippen LogP contribution < -0.4 is 9.62 Å². The number of piperazine rings is 1. The summed E-state index contributed by atoms with van der Waals surface area (Å²) in [5, 5.41) is 2.99. The van der Waals surface area contributed by atoms with Crippen molar-refractivity contribution in [1.29, 1.82) is 0 Å². The van der Waals surface area contributed by atoms with Gasteiger partial charge in [-0.15, -0.1) is 11.3 Å². The second-order valence-corrected chi connectivity index (χ2v) is 9.81. The van der Waals surface area contributed by atoms with Crippen LogP contribution in [-0.4, -0.2) is 50.4 Å². The molecule has 1 aliphatic rings. The Morgan fingerprint density at radius 2 is 1.81 bits per heavy atom. The smallest absolute Gasteiger partial charge is 0.261 e. The van der Waals surface area contributed by atoms with Crippen molar-refractivity contribution in [3.8, 4) is 0 Å². The molecule has 1 fully saturated rings. The number of rotatable bonds is 5. The van der Waals surface area contributed by atoms with Crippen molar-refractivity contribution in [3.63, 3.8) is 0 Å². The van der Waals surface area contributed by atoms with Crippen molar-refractivity contribution in [2.45, 2.75) is 4.90 Å². The van der Waals surface area contributed by atoms with Gasteiger partial charge >= 0.3 is 0 Å². The number of thiazole rings is 1. The summed E-state index contributed by atoms with van der Waals surface area (Å²) in [5.41, 5.74) is 0.405. The Balaban J connectivity index is 1.48. The Morgan fingerprint density at radius 1 is 1.10 bits per heavy atom. The molecule has 4 rings (SSSR count). The molecule has 7 nitrogen and oxygen atoms in total. The van der Waals surface area contributed by atoms with Gasteiger partial charge in [-0.05, 0) is 42.5 Å². The van der Waals surface area contributed by atoms with Crippen molar-refractivity contribution < 1.29 is 17.6 Å². The van der Waals surface area contributed by atoms with E-state index in [-0.39, 0.29) is 21.5 Å². The minimum Gasteiger partial charge on any atom is -0.345 e. The molecule has 0 unspecified atom stereocenters. The van der Waals surface area contributed by atoms with Gasteiger partial charge in [-0.1, -0.05) is 11.6 Å². The molecule has 2 aromatic carbocycles. The third kappa shape index (κ3) is 4.81. The third-order valence-corrected chi connectivity index (χ3v) is 7.38. The van der Waals surface area contributed by atoms with Crippen LogP contribution in [0.2, 0.25) is 5.02 Å². The maximum Gasteiger partial charge on any atom is 0.261 e. The molecule has 0 bridgehead atoms. The lowest BCUT2D eigenvalue weighted by atomic mass is 10.1. The summed E-state index contributed by atoms with van der Waals surface area (Å²) in [5.74, 6) is -0.753. The summed E-state index contributed by atoms with van der Waals surface area (Å²) >= 11 is 7.71. The number of hydrogen-bond acceptors (Lipinski definition) is 6. The van der Waals surface area contributed by atoms with Gasteiger partial charge < -0.3 is 9.80 Å². The summed E-state index contributed by atoms with van der Waals surface area (Å²) in [6, 6.07) is 8.88. The van der Waals surface area contributed by atoms with Gasteiger partial charge in [0.15, 0.2) is 5.13 Å². The summed E-state index contributed by atoms with van der Waals surface area (Å²) in [7, 11) is -3.99. The summed E-state index contributed by atoms with van der Waals surface area (Å²) < 4.78 is 40.7. The quantitative estimate of drug-likeness (QED) is 0.602. The van der Waals surface area contributed by atoms with Crippen LogP contribution in [0.4, 0.5) is 15.2 Å². The molecule has 3 aromatic rings. The van der Waals surface area contributed by atoms with E-state index in [0.29, 0.717) is 31.7 Å². The maximum absolute atomic E-state index is 13.1. The van der Waals surface area contributed by atoms with Gasteiger partial charge in [0.1, 0.15) is 5.82 Å². The Morgan fingerprint density at radius 3 is 2.45 bits per heavy atom. The molecule has 0 radical (unpaired) electrons. The monoisotopic (exact) mass is 480 g/mol. The van der Waals surface area contributed by atoms with E-state index in [9.17, 15) is 17.6 Å². The number of amides is 1. The fourth-order valence-corrected chi connectivity index (χ4v) is 5.20. The Labute approximate surface area is 188 Å². The number of halogens is 2. The normalized spacial score (nSPS) is 14.5. The van der Waals surface area contributed by atoms with Crippen molar-refractivity contribution in [1.82, 2.24) is 9.88 Å². The van der Waals surface area contributed by atoms with Crippen LogP contribution in [-0.2, 0) is 10.0 Å². The maximum atomic E-state index is 13.1. The Bertz CT molecular complexity index is 1180. The molecule has 31 heavy (non-hydrogen) atoms. The number of carbonyl (C=O) groups is 1. The average molecular weight is 481 g/mol. The lowest BCUT2D eigenvalue weighted by Crippen LogP contribution is -2.48. The molecule has 1 N–H and O–H groups in total. The molecule has 1 aromatic heterocycles. The van der Waals surface area contributed by atoms with Gasteiger partial charge in [0.25, 0.3) is 15.9 Å². The van der Waals surface area contributed by atoms with E-state index >= 15 is 0 Å². The number of anilines is 2. The highest BCUT2D eigenvalue weighted by atomic mass is 35.5. The highest BCUT2D eigenvalue weighted by Gasteiger charge is 2.24. The van der Waals surface area contributed by atoms with Crippen LogP contribution in [0.25, 0.3) is 0 Å².